The SMILES string of the molecule is Cc1ccc(C(O[P+](=O)Cl)c2ccc(C)cc2C(C)(C)C)c(C(C)(C)C)c1. The van der Waals surface area contributed by atoms with Crippen LogP contribution in [0.2, 0.25) is 0 Å². The molecule has 0 saturated heterocycles. The zero-order valence-corrected chi connectivity index (χ0v) is 19.3. The normalized spacial score (nSPS) is 13.2. The smallest absolute Gasteiger partial charge is 0.118 e. The summed E-state index contributed by atoms with van der Waals surface area (Å²) in [5.41, 5.74) is 6.64. The summed E-state index contributed by atoms with van der Waals surface area (Å²) >= 11 is 5.86. The lowest BCUT2D eigenvalue weighted by Crippen LogP contribution is -2.21. The van der Waals surface area contributed by atoms with Crippen LogP contribution in [-0.4, -0.2) is 0 Å². The fourth-order valence-electron chi connectivity index (χ4n) is 3.46. The molecule has 0 aliphatic heterocycles. The van der Waals surface area contributed by atoms with Gasteiger partial charge < -0.3 is 0 Å². The lowest BCUT2D eigenvalue weighted by atomic mass is 9.77. The predicted molar refractivity (Wildman–Crippen MR) is 116 cm³/mol. The van der Waals surface area contributed by atoms with Gasteiger partial charge in [-0.2, -0.15) is 0 Å². The third-order valence-corrected chi connectivity index (χ3v) is 5.40. The summed E-state index contributed by atoms with van der Waals surface area (Å²) in [7, 11) is -2.28. The van der Waals surface area contributed by atoms with Crippen molar-refractivity contribution in [1.82, 2.24) is 0 Å². The van der Waals surface area contributed by atoms with Crippen LogP contribution >= 0.6 is 18.6 Å². The summed E-state index contributed by atoms with van der Waals surface area (Å²) < 4.78 is 17.8. The van der Waals surface area contributed by atoms with Crippen LogP contribution in [0.4, 0.5) is 0 Å². The first-order valence-electron chi connectivity index (χ1n) is 9.32. The predicted octanol–water partition coefficient (Wildman–Crippen LogP) is 7.90. The lowest BCUT2D eigenvalue weighted by molar-refractivity contribution is 0.262. The van der Waals surface area contributed by atoms with E-state index < -0.39 is 13.5 Å². The Morgan fingerprint density at radius 3 is 1.48 bits per heavy atom. The molecule has 4 heteroatoms. The van der Waals surface area contributed by atoms with Crippen LogP contribution in [-0.2, 0) is 19.9 Å². The van der Waals surface area contributed by atoms with Crippen molar-refractivity contribution >= 4 is 18.6 Å². The van der Waals surface area contributed by atoms with Gasteiger partial charge in [-0.3, -0.25) is 0 Å². The second-order valence-corrected chi connectivity index (χ2v) is 10.8. The van der Waals surface area contributed by atoms with Gasteiger partial charge in [0.25, 0.3) is 0 Å². The first-order chi connectivity index (χ1) is 12.3. The molecular formula is C23H31ClO2P+. The molecule has 0 fully saturated rings. The average Bonchev–Trinajstić information content (AvgIpc) is 2.51. The number of aryl methyl sites for hydroxylation is 2. The summed E-state index contributed by atoms with van der Waals surface area (Å²) in [5, 5.41) is 0. The highest BCUT2D eigenvalue weighted by molar-refractivity contribution is 7.69. The van der Waals surface area contributed by atoms with Gasteiger partial charge in [0, 0.05) is 0 Å². The van der Waals surface area contributed by atoms with Gasteiger partial charge in [-0.1, -0.05) is 89.1 Å². The fourth-order valence-corrected chi connectivity index (χ4v) is 4.09. The molecule has 27 heavy (non-hydrogen) atoms. The van der Waals surface area contributed by atoms with E-state index in [-0.39, 0.29) is 10.8 Å². The van der Waals surface area contributed by atoms with Crippen LogP contribution in [0.3, 0.4) is 0 Å². The van der Waals surface area contributed by atoms with Crippen molar-refractivity contribution in [1.29, 1.82) is 0 Å². The second kappa shape index (κ2) is 8.03. The van der Waals surface area contributed by atoms with E-state index in [4.69, 9.17) is 15.8 Å². The molecule has 0 spiro atoms. The largest absolute Gasteiger partial charge is 0.634 e. The molecule has 0 aromatic heterocycles. The van der Waals surface area contributed by atoms with Crippen LogP contribution in [0.25, 0.3) is 0 Å². The van der Waals surface area contributed by atoms with Gasteiger partial charge in [-0.05, 0) is 51.5 Å². The van der Waals surface area contributed by atoms with Gasteiger partial charge in [-0.15, -0.1) is 4.52 Å². The lowest BCUT2D eigenvalue weighted by Gasteiger charge is -2.29. The third kappa shape index (κ3) is 5.41. The molecule has 2 aromatic carbocycles. The number of rotatable bonds is 4. The molecule has 0 heterocycles. The Kier molecular flexibility index (Phi) is 6.57. The fraction of sp³-hybridized carbons (Fsp3) is 0.478. The summed E-state index contributed by atoms with van der Waals surface area (Å²) in [6.45, 7) is 17.3. The minimum absolute atomic E-state index is 0.0759. The Balaban J connectivity index is 2.79. The van der Waals surface area contributed by atoms with E-state index in [1.807, 2.05) is 0 Å². The summed E-state index contributed by atoms with van der Waals surface area (Å²) in [6, 6.07) is 12.7. The van der Waals surface area contributed by atoms with Crippen LogP contribution in [0, 0.1) is 13.8 Å². The van der Waals surface area contributed by atoms with E-state index in [1.165, 1.54) is 22.3 Å². The quantitative estimate of drug-likeness (QED) is 0.483. The van der Waals surface area contributed by atoms with Crippen molar-refractivity contribution in [3.8, 4) is 0 Å². The molecule has 2 nitrogen and oxygen atoms in total. The molecule has 1 atom stereocenters. The minimum atomic E-state index is -2.28. The number of benzene rings is 2. The van der Waals surface area contributed by atoms with E-state index in [2.05, 4.69) is 91.8 Å². The first-order valence-corrected chi connectivity index (χ1v) is 11.4. The third-order valence-electron chi connectivity index (χ3n) is 4.79. The first kappa shape index (κ1) is 22.1. The van der Waals surface area contributed by atoms with Gasteiger partial charge in [0.2, 0.25) is 11.2 Å². The van der Waals surface area contributed by atoms with Crippen molar-refractivity contribution in [2.75, 3.05) is 0 Å². The maximum Gasteiger partial charge on any atom is 0.634 e. The van der Waals surface area contributed by atoms with E-state index in [0.29, 0.717) is 0 Å². The van der Waals surface area contributed by atoms with Gasteiger partial charge in [0.05, 0.1) is 0 Å². The van der Waals surface area contributed by atoms with Crippen LogP contribution in [0.15, 0.2) is 36.4 Å². The maximum absolute atomic E-state index is 11.9. The van der Waals surface area contributed by atoms with Gasteiger partial charge >= 0.3 is 7.38 Å². The molecule has 146 valence electrons. The van der Waals surface area contributed by atoms with Gasteiger partial charge in [0.15, 0.2) is 6.10 Å². The van der Waals surface area contributed by atoms with Crippen LogP contribution in [0.1, 0.15) is 81.0 Å². The average molecular weight is 406 g/mol. The van der Waals surface area contributed by atoms with Crippen molar-refractivity contribution in [3.63, 3.8) is 0 Å². The molecule has 0 aliphatic rings. The van der Waals surface area contributed by atoms with Gasteiger partial charge in [-0.25, -0.2) is 0 Å². The van der Waals surface area contributed by atoms with E-state index in [1.54, 1.807) is 0 Å². The number of hydrogen-bond acceptors (Lipinski definition) is 2. The van der Waals surface area contributed by atoms with Crippen molar-refractivity contribution in [2.24, 2.45) is 0 Å². The zero-order valence-electron chi connectivity index (χ0n) is 17.7. The van der Waals surface area contributed by atoms with Crippen LogP contribution in [0.5, 0.6) is 0 Å². The Morgan fingerprint density at radius 2 is 1.19 bits per heavy atom. The highest BCUT2D eigenvalue weighted by Crippen LogP contribution is 2.45. The van der Waals surface area contributed by atoms with E-state index >= 15 is 0 Å². The standard InChI is InChI=1S/C23H31ClO2P/c1-15-9-11-17(19(13-15)22(3,4)5)21(26-27(24)25)18-12-10-16(2)14-20(18)23(6,7)8/h9-14,21H,1-8H3/q+1. The van der Waals surface area contributed by atoms with Crippen molar-refractivity contribution in [2.45, 2.75) is 72.3 Å². The Morgan fingerprint density at radius 1 is 0.815 bits per heavy atom. The van der Waals surface area contributed by atoms with E-state index in [0.717, 1.165) is 11.1 Å². The summed E-state index contributed by atoms with van der Waals surface area (Å²) in [6.07, 6.45) is -0.476. The summed E-state index contributed by atoms with van der Waals surface area (Å²) in [5.74, 6) is 0. The number of halogens is 1. The van der Waals surface area contributed by atoms with Crippen molar-refractivity contribution in [3.05, 3.63) is 69.8 Å². The molecule has 0 saturated carbocycles. The Bertz CT molecular complexity index is 781. The molecular weight excluding hydrogens is 375 g/mol. The summed E-state index contributed by atoms with van der Waals surface area (Å²) in [4.78, 5) is 0. The maximum atomic E-state index is 11.9. The Labute approximate surface area is 170 Å². The topological polar surface area (TPSA) is 26.3 Å². The van der Waals surface area contributed by atoms with Gasteiger partial charge in [0.1, 0.15) is 0 Å². The minimum Gasteiger partial charge on any atom is -0.118 e. The van der Waals surface area contributed by atoms with Crippen molar-refractivity contribution < 1.29 is 9.09 Å². The van der Waals surface area contributed by atoms with E-state index in [9.17, 15) is 4.57 Å². The number of hydrogen-bond donors (Lipinski definition) is 0. The highest BCUT2D eigenvalue weighted by atomic mass is 35.7. The monoisotopic (exact) mass is 405 g/mol. The Hall–Kier alpha value is -1.21. The molecule has 0 radical (unpaired) electrons. The highest BCUT2D eigenvalue weighted by Gasteiger charge is 2.34. The van der Waals surface area contributed by atoms with Crippen LogP contribution < -0.4 is 0 Å². The molecule has 0 bridgehead atoms. The molecule has 1 unspecified atom stereocenters. The molecule has 0 amide bonds. The molecule has 2 rings (SSSR count). The second-order valence-electron chi connectivity index (χ2n) is 9.38. The molecule has 2 aromatic rings. The molecule has 0 aliphatic carbocycles. The zero-order chi connectivity index (χ0) is 20.6. The molecule has 0 N–H and O–H groups in total.